The van der Waals surface area contributed by atoms with Crippen molar-refractivity contribution in [2.24, 2.45) is 0 Å². The molecular formula is C6H13O4P. The molecule has 0 bridgehead atoms. The standard InChI is InChI=1S/C6H13O4P/c1-5(2)10-11(4,8)6(7)9-3/h5H,1-4H3/t11-/m0/s1. The molecule has 0 unspecified atom stereocenters. The Morgan fingerprint density at radius 2 is 1.91 bits per heavy atom. The minimum atomic E-state index is -3.20. The Morgan fingerprint density at radius 1 is 1.45 bits per heavy atom. The third kappa shape index (κ3) is 3.54. The van der Waals surface area contributed by atoms with Crippen LogP contribution in [0.3, 0.4) is 0 Å². The number of hydrogen-bond donors (Lipinski definition) is 0. The van der Waals surface area contributed by atoms with Crippen LogP contribution in [0.2, 0.25) is 0 Å². The highest BCUT2D eigenvalue weighted by Gasteiger charge is 2.28. The molecule has 0 fully saturated rings. The van der Waals surface area contributed by atoms with Crippen LogP contribution in [0.25, 0.3) is 0 Å². The van der Waals surface area contributed by atoms with Crippen molar-refractivity contribution in [1.29, 1.82) is 0 Å². The molecule has 0 N–H and O–H groups in total. The van der Waals surface area contributed by atoms with Crippen LogP contribution >= 0.6 is 7.37 Å². The monoisotopic (exact) mass is 180 g/mol. The van der Waals surface area contributed by atoms with Gasteiger partial charge in [-0.15, -0.1) is 0 Å². The van der Waals surface area contributed by atoms with Crippen molar-refractivity contribution >= 4 is 13.1 Å². The second kappa shape index (κ2) is 3.88. The highest BCUT2D eigenvalue weighted by Crippen LogP contribution is 2.45. The van der Waals surface area contributed by atoms with Gasteiger partial charge in [-0.25, -0.2) is 4.79 Å². The SMILES string of the molecule is COC(=O)[P@@](C)(=O)OC(C)C. The van der Waals surface area contributed by atoms with Gasteiger partial charge >= 0.3 is 13.1 Å². The van der Waals surface area contributed by atoms with Gasteiger partial charge in [0.25, 0.3) is 0 Å². The van der Waals surface area contributed by atoms with Crippen LogP contribution in [-0.2, 0) is 13.8 Å². The Balaban J connectivity index is 4.23. The summed E-state index contributed by atoms with van der Waals surface area (Å²) in [7, 11) is -2.02. The Labute approximate surface area is 66.3 Å². The second-order valence-corrected chi connectivity index (χ2v) is 4.74. The first-order valence-electron chi connectivity index (χ1n) is 3.24. The highest BCUT2D eigenvalue weighted by atomic mass is 31.2. The normalized spacial score (nSPS) is 16.1. The first kappa shape index (κ1) is 10.7. The molecule has 0 aromatic heterocycles. The van der Waals surface area contributed by atoms with E-state index in [9.17, 15) is 9.36 Å². The Kier molecular flexibility index (Phi) is 3.76. The van der Waals surface area contributed by atoms with E-state index in [4.69, 9.17) is 4.52 Å². The predicted molar refractivity (Wildman–Crippen MR) is 42.2 cm³/mol. The van der Waals surface area contributed by atoms with Gasteiger partial charge in [-0.2, -0.15) is 0 Å². The van der Waals surface area contributed by atoms with Crippen molar-refractivity contribution in [3.05, 3.63) is 0 Å². The maximum Gasteiger partial charge on any atom is 0.390 e. The smallest absolute Gasteiger partial charge is 0.390 e. The lowest BCUT2D eigenvalue weighted by molar-refractivity contribution is 0.182. The summed E-state index contributed by atoms with van der Waals surface area (Å²) in [5.74, 6) is 0. The van der Waals surface area contributed by atoms with Crippen molar-refractivity contribution in [1.82, 2.24) is 0 Å². The van der Waals surface area contributed by atoms with Crippen LogP contribution in [0, 0.1) is 0 Å². The van der Waals surface area contributed by atoms with Gasteiger partial charge in [0.15, 0.2) is 0 Å². The minimum Gasteiger partial charge on any atom is -0.462 e. The zero-order valence-electron chi connectivity index (χ0n) is 7.16. The zero-order chi connectivity index (χ0) is 9.07. The molecule has 0 aliphatic heterocycles. The largest absolute Gasteiger partial charge is 0.462 e. The third-order valence-electron chi connectivity index (χ3n) is 0.918. The van der Waals surface area contributed by atoms with Crippen molar-refractivity contribution in [3.8, 4) is 0 Å². The minimum absolute atomic E-state index is 0.232. The van der Waals surface area contributed by atoms with Crippen molar-refractivity contribution in [2.45, 2.75) is 20.0 Å². The maximum atomic E-state index is 11.3. The van der Waals surface area contributed by atoms with Crippen LogP contribution in [0.4, 0.5) is 4.79 Å². The number of ether oxygens (including phenoxy) is 1. The molecule has 4 nitrogen and oxygen atoms in total. The van der Waals surface area contributed by atoms with E-state index in [-0.39, 0.29) is 6.10 Å². The van der Waals surface area contributed by atoms with Crippen molar-refractivity contribution < 1.29 is 18.6 Å². The lowest BCUT2D eigenvalue weighted by Crippen LogP contribution is -2.07. The molecule has 1 atom stereocenters. The van der Waals surface area contributed by atoms with Gasteiger partial charge < -0.3 is 9.26 Å². The van der Waals surface area contributed by atoms with E-state index < -0.39 is 13.1 Å². The zero-order valence-corrected chi connectivity index (χ0v) is 8.05. The van der Waals surface area contributed by atoms with Crippen molar-refractivity contribution in [3.63, 3.8) is 0 Å². The Bertz CT molecular complexity index is 187. The molecule has 0 aliphatic carbocycles. The van der Waals surface area contributed by atoms with E-state index in [1.54, 1.807) is 13.8 Å². The molecule has 0 aliphatic rings. The van der Waals surface area contributed by atoms with E-state index in [1.165, 1.54) is 13.8 Å². The number of carbonyl (C=O) groups is 1. The van der Waals surface area contributed by atoms with Crippen LogP contribution in [0.5, 0.6) is 0 Å². The lowest BCUT2D eigenvalue weighted by atomic mass is 10.5. The van der Waals surface area contributed by atoms with Crippen LogP contribution < -0.4 is 0 Å². The molecule has 0 radical (unpaired) electrons. The molecule has 0 saturated carbocycles. The quantitative estimate of drug-likeness (QED) is 0.624. The van der Waals surface area contributed by atoms with Gasteiger partial charge in [-0.1, -0.05) is 0 Å². The molecular weight excluding hydrogens is 167 g/mol. The highest BCUT2D eigenvalue weighted by molar-refractivity contribution is 7.74. The molecule has 66 valence electrons. The van der Waals surface area contributed by atoms with Gasteiger partial charge in [-0.3, -0.25) is 4.57 Å². The number of carbonyl (C=O) groups excluding carboxylic acids is 1. The van der Waals surface area contributed by atoms with Gasteiger partial charge in [0.1, 0.15) is 0 Å². The molecule has 0 spiro atoms. The van der Waals surface area contributed by atoms with Crippen LogP contribution in [-0.4, -0.2) is 25.6 Å². The average molecular weight is 180 g/mol. The average Bonchev–Trinajstić information content (AvgIpc) is 1.83. The third-order valence-corrected chi connectivity index (χ3v) is 2.59. The molecule has 0 amide bonds. The van der Waals surface area contributed by atoms with Gasteiger partial charge in [0.05, 0.1) is 13.2 Å². The first-order valence-corrected chi connectivity index (χ1v) is 5.31. The molecule has 0 heterocycles. The fourth-order valence-corrected chi connectivity index (χ4v) is 1.83. The predicted octanol–water partition coefficient (Wildman–Crippen LogP) is 2.09. The number of hydrogen-bond acceptors (Lipinski definition) is 4. The number of rotatable bonds is 3. The van der Waals surface area contributed by atoms with E-state index in [1.807, 2.05) is 0 Å². The Morgan fingerprint density at radius 3 is 2.18 bits per heavy atom. The van der Waals surface area contributed by atoms with Gasteiger partial charge in [0, 0.05) is 6.66 Å². The van der Waals surface area contributed by atoms with E-state index in [2.05, 4.69) is 4.74 Å². The van der Waals surface area contributed by atoms with Crippen LogP contribution in [0.1, 0.15) is 13.8 Å². The summed E-state index contributed by atoms with van der Waals surface area (Å²) in [5, 5.41) is 0. The summed E-state index contributed by atoms with van der Waals surface area (Å²) in [6.07, 6.45) is -0.232. The summed E-state index contributed by atoms with van der Waals surface area (Å²) in [6, 6.07) is 0. The summed E-state index contributed by atoms with van der Waals surface area (Å²) >= 11 is 0. The molecule has 0 rings (SSSR count). The van der Waals surface area contributed by atoms with Crippen molar-refractivity contribution in [2.75, 3.05) is 13.8 Å². The first-order chi connectivity index (χ1) is 4.90. The summed E-state index contributed by atoms with van der Waals surface area (Å²) in [4.78, 5) is 10.8. The second-order valence-electron chi connectivity index (χ2n) is 2.47. The fraction of sp³-hybridized carbons (Fsp3) is 0.833. The van der Waals surface area contributed by atoms with Gasteiger partial charge in [-0.05, 0) is 13.8 Å². The molecule has 0 aromatic rings. The lowest BCUT2D eigenvalue weighted by Gasteiger charge is -2.13. The summed E-state index contributed by atoms with van der Waals surface area (Å²) in [6.45, 7) is 4.66. The number of methoxy groups -OCH3 is 1. The van der Waals surface area contributed by atoms with E-state index >= 15 is 0 Å². The summed E-state index contributed by atoms with van der Waals surface area (Å²) < 4.78 is 20.4. The van der Waals surface area contributed by atoms with E-state index in [0.29, 0.717) is 0 Å². The van der Waals surface area contributed by atoms with Crippen LogP contribution in [0.15, 0.2) is 0 Å². The van der Waals surface area contributed by atoms with E-state index in [0.717, 1.165) is 0 Å². The van der Waals surface area contributed by atoms with Gasteiger partial charge in [0.2, 0.25) is 0 Å². The summed E-state index contributed by atoms with van der Waals surface area (Å²) in [5.41, 5.74) is -0.786. The molecule has 0 aromatic carbocycles. The topological polar surface area (TPSA) is 52.6 Å². The molecule has 11 heavy (non-hydrogen) atoms. The Hall–Kier alpha value is -0.340. The fourth-order valence-electron chi connectivity index (χ4n) is 0.611. The molecule has 0 saturated heterocycles. The molecule has 5 heteroatoms. The maximum absolute atomic E-state index is 11.3.